The van der Waals surface area contributed by atoms with E-state index in [1.165, 1.54) is 12.1 Å². The first-order valence-electron chi connectivity index (χ1n) is 7.41. The van der Waals surface area contributed by atoms with Crippen molar-refractivity contribution in [3.05, 3.63) is 59.7 Å². The molecular weight excluding hydrogens is 294 g/mol. The third-order valence-corrected chi connectivity index (χ3v) is 3.43. The predicted octanol–water partition coefficient (Wildman–Crippen LogP) is 3.81. The van der Waals surface area contributed by atoms with Crippen LogP contribution in [0.3, 0.4) is 0 Å². The van der Waals surface area contributed by atoms with Gasteiger partial charge in [0.2, 0.25) is 0 Å². The van der Waals surface area contributed by atoms with Crippen LogP contribution < -0.4 is 10.1 Å². The molecule has 23 heavy (non-hydrogen) atoms. The molecule has 1 unspecified atom stereocenters. The standard InChI is InChI=1S/C18H19NO4/c1-3-12(2)23-14-10-8-13(9-11-14)19-17(20)15-6-4-5-7-16(15)18(21)22/h4-12H,3H2,1-2H3,(H,19,20)(H,21,22). The van der Waals surface area contributed by atoms with Gasteiger partial charge in [0.1, 0.15) is 5.75 Å². The zero-order valence-corrected chi connectivity index (χ0v) is 13.1. The molecule has 0 bridgehead atoms. The van der Waals surface area contributed by atoms with E-state index in [4.69, 9.17) is 9.84 Å². The van der Waals surface area contributed by atoms with Gasteiger partial charge in [-0.1, -0.05) is 19.1 Å². The summed E-state index contributed by atoms with van der Waals surface area (Å²) in [5.74, 6) is -0.866. The van der Waals surface area contributed by atoms with E-state index in [0.717, 1.165) is 12.2 Å². The average molecular weight is 313 g/mol. The maximum atomic E-state index is 12.2. The summed E-state index contributed by atoms with van der Waals surface area (Å²) in [6.07, 6.45) is 1.03. The van der Waals surface area contributed by atoms with Crippen LogP contribution in [-0.4, -0.2) is 23.1 Å². The third kappa shape index (κ3) is 4.32. The average Bonchev–Trinajstić information content (AvgIpc) is 2.56. The molecule has 0 aliphatic carbocycles. The first-order valence-corrected chi connectivity index (χ1v) is 7.41. The van der Waals surface area contributed by atoms with E-state index in [9.17, 15) is 9.59 Å². The van der Waals surface area contributed by atoms with Gasteiger partial charge in [0.25, 0.3) is 5.91 Å². The van der Waals surface area contributed by atoms with Crippen LogP contribution in [0, 0.1) is 0 Å². The SMILES string of the molecule is CCC(C)Oc1ccc(NC(=O)c2ccccc2C(=O)O)cc1. The molecule has 1 amide bonds. The number of benzene rings is 2. The number of carboxylic acids is 1. The van der Waals surface area contributed by atoms with Crippen molar-refractivity contribution in [2.45, 2.75) is 26.4 Å². The number of ether oxygens (including phenoxy) is 1. The molecule has 1 atom stereocenters. The minimum Gasteiger partial charge on any atom is -0.491 e. The lowest BCUT2D eigenvalue weighted by molar-refractivity contribution is 0.0692. The molecular formula is C18H19NO4. The first-order chi connectivity index (χ1) is 11.0. The molecule has 120 valence electrons. The van der Waals surface area contributed by atoms with Gasteiger partial charge in [0.15, 0.2) is 0 Å². The molecule has 0 aliphatic rings. The van der Waals surface area contributed by atoms with Crippen LogP contribution in [0.5, 0.6) is 5.75 Å². The number of aromatic carboxylic acids is 1. The Morgan fingerprint density at radius 2 is 1.70 bits per heavy atom. The molecule has 0 aromatic heterocycles. The summed E-state index contributed by atoms with van der Waals surface area (Å²) in [6.45, 7) is 4.03. The molecule has 2 rings (SSSR count). The largest absolute Gasteiger partial charge is 0.491 e. The Labute approximate surface area is 134 Å². The zero-order chi connectivity index (χ0) is 16.8. The first kappa shape index (κ1) is 16.5. The molecule has 0 saturated carbocycles. The molecule has 0 fully saturated rings. The number of hydrogen-bond acceptors (Lipinski definition) is 3. The quantitative estimate of drug-likeness (QED) is 0.850. The monoisotopic (exact) mass is 313 g/mol. The van der Waals surface area contributed by atoms with E-state index in [1.807, 2.05) is 13.8 Å². The Morgan fingerprint density at radius 1 is 1.09 bits per heavy atom. The summed E-state index contributed by atoms with van der Waals surface area (Å²) >= 11 is 0. The topological polar surface area (TPSA) is 75.6 Å². The molecule has 0 saturated heterocycles. The van der Waals surface area contributed by atoms with Gasteiger partial charge in [0, 0.05) is 5.69 Å². The Bertz CT molecular complexity index is 694. The van der Waals surface area contributed by atoms with Gasteiger partial charge >= 0.3 is 5.97 Å². The van der Waals surface area contributed by atoms with Crippen molar-refractivity contribution < 1.29 is 19.4 Å². The van der Waals surface area contributed by atoms with E-state index in [0.29, 0.717) is 5.69 Å². The molecule has 0 radical (unpaired) electrons. The van der Waals surface area contributed by atoms with Crippen molar-refractivity contribution in [2.75, 3.05) is 5.32 Å². The number of nitrogens with one attached hydrogen (secondary N) is 1. The van der Waals surface area contributed by atoms with Gasteiger partial charge in [-0.3, -0.25) is 4.79 Å². The fourth-order valence-corrected chi connectivity index (χ4v) is 2.00. The van der Waals surface area contributed by atoms with Crippen molar-refractivity contribution >= 4 is 17.6 Å². The number of carboxylic acid groups (broad SMARTS) is 1. The van der Waals surface area contributed by atoms with Crippen LogP contribution in [-0.2, 0) is 0 Å². The maximum Gasteiger partial charge on any atom is 0.336 e. The highest BCUT2D eigenvalue weighted by Gasteiger charge is 2.15. The molecule has 0 heterocycles. The Morgan fingerprint density at radius 3 is 2.26 bits per heavy atom. The number of hydrogen-bond donors (Lipinski definition) is 2. The fraction of sp³-hybridized carbons (Fsp3) is 0.222. The van der Waals surface area contributed by atoms with Gasteiger partial charge in [-0.15, -0.1) is 0 Å². The highest BCUT2D eigenvalue weighted by molar-refractivity contribution is 6.10. The third-order valence-electron chi connectivity index (χ3n) is 3.43. The van der Waals surface area contributed by atoms with Crippen molar-refractivity contribution in [1.29, 1.82) is 0 Å². The lowest BCUT2D eigenvalue weighted by Crippen LogP contribution is -2.16. The Hall–Kier alpha value is -2.82. The molecule has 0 spiro atoms. The van der Waals surface area contributed by atoms with E-state index in [-0.39, 0.29) is 17.2 Å². The van der Waals surface area contributed by atoms with Crippen LogP contribution >= 0.6 is 0 Å². The molecule has 2 aromatic rings. The summed E-state index contributed by atoms with van der Waals surface area (Å²) in [5, 5.41) is 11.8. The summed E-state index contributed by atoms with van der Waals surface area (Å²) in [4.78, 5) is 23.4. The van der Waals surface area contributed by atoms with Gasteiger partial charge in [-0.2, -0.15) is 0 Å². The van der Waals surface area contributed by atoms with Crippen LogP contribution in [0.2, 0.25) is 0 Å². The number of carbonyl (C=O) groups excluding carboxylic acids is 1. The fourth-order valence-electron chi connectivity index (χ4n) is 2.00. The van der Waals surface area contributed by atoms with Crippen molar-refractivity contribution in [1.82, 2.24) is 0 Å². The number of rotatable bonds is 6. The molecule has 5 nitrogen and oxygen atoms in total. The Kier molecular flexibility index (Phi) is 5.36. The molecule has 5 heteroatoms. The lowest BCUT2D eigenvalue weighted by Gasteiger charge is -2.13. The summed E-state index contributed by atoms with van der Waals surface area (Å²) < 4.78 is 5.67. The highest BCUT2D eigenvalue weighted by Crippen LogP contribution is 2.19. The van der Waals surface area contributed by atoms with Crippen LogP contribution in [0.1, 0.15) is 41.0 Å². The summed E-state index contributed by atoms with van der Waals surface area (Å²) in [6, 6.07) is 13.1. The summed E-state index contributed by atoms with van der Waals surface area (Å²) in [7, 11) is 0. The van der Waals surface area contributed by atoms with Crippen molar-refractivity contribution in [3.63, 3.8) is 0 Å². The second-order valence-corrected chi connectivity index (χ2v) is 5.17. The minimum absolute atomic E-state index is 0.0262. The van der Waals surface area contributed by atoms with Crippen molar-refractivity contribution in [3.8, 4) is 5.75 Å². The molecule has 2 N–H and O–H groups in total. The highest BCUT2D eigenvalue weighted by atomic mass is 16.5. The van der Waals surface area contributed by atoms with Gasteiger partial charge in [-0.05, 0) is 49.7 Å². The second-order valence-electron chi connectivity index (χ2n) is 5.17. The van der Waals surface area contributed by atoms with E-state index >= 15 is 0 Å². The lowest BCUT2D eigenvalue weighted by atomic mass is 10.1. The smallest absolute Gasteiger partial charge is 0.336 e. The zero-order valence-electron chi connectivity index (χ0n) is 13.1. The summed E-state index contributed by atoms with van der Waals surface area (Å²) in [5.41, 5.74) is 0.674. The Balaban J connectivity index is 2.10. The van der Waals surface area contributed by atoms with Crippen LogP contribution in [0.4, 0.5) is 5.69 Å². The molecule has 0 aliphatic heterocycles. The van der Waals surface area contributed by atoms with E-state index in [1.54, 1.807) is 36.4 Å². The van der Waals surface area contributed by atoms with E-state index in [2.05, 4.69) is 5.32 Å². The maximum absolute atomic E-state index is 12.2. The van der Waals surface area contributed by atoms with Gasteiger partial charge in [0.05, 0.1) is 17.2 Å². The van der Waals surface area contributed by atoms with E-state index < -0.39 is 11.9 Å². The normalized spacial score (nSPS) is 11.6. The number of anilines is 1. The molecule has 2 aromatic carbocycles. The predicted molar refractivity (Wildman–Crippen MR) is 88.2 cm³/mol. The minimum atomic E-state index is -1.13. The van der Waals surface area contributed by atoms with Gasteiger partial charge < -0.3 is 15.2 Å². The number of carbonyl (C=O) groups is 2. The van der Waals surface area contributed by atoms with Crippen molar-refractivity contribution in [2.24, 2.45) is 0 Å². The van der Waals surface area contributed by atoms with Crippen LogP contribution in [0.25, 0.3) is 0 Å². The van der Waals surface area contributed by atoms with Gasteiger partial charge in [-0.25, -0.2) is 4.79 Å². The second kappa shape index (κ2) is 7.45. The van der Waals surface area contributed by atoms with Crippen LogP contribution in [0.15, 0.2) is 48.5 Å². The number of amides is 1.